The summed E-state index contributed by atoms with van der Waals surface area (Å²) in [5, 5.41) is 12.2. The second-order valence-electron chi connectivity index (χ2n) is 6.97. The zero-order chi connectivity index (χ0) is 19.0. The molecule has 1 aliphatic heterocycles. The summed E-state index contributed by atoms with van der Waals surface area (Å²) in [6.07, 6.45) is 3.35. The number of aromatic nitrogens is 5. The molecule has 8 heteroatoms. The molecule has 140 valence electrons. The average molecular weight is 366 g/mol. The Bertz CT molecular complexity index is 976. The summed E-state index contributed by atoms with van der Waals surface area (Å²) in [5.41, 5.74) is 3.49. The maximum absolute atomic E-state index is 12.9. The number of amides is 1. The van der Waals surface area contributed by atoms with Crippen LogP contribution in [0.4, 0.5) is 0 Å². The Labute approximate surface area is 157 Å². The lowest BCUT2D eigenvalue weighted by atomic mass is 10.0. The van der Waals surface area contributed by atoms with Crippen LogP contribution >= 0.6 is 0 Å². The molecule has 0 saturated carbocycles. The molecule has 27 heavy (non-hydrogen) atoms. The molecule has 3 heterocycles. The van der Waals surface area contributed by atoms with Gasteiger partial charge in [0.1, 0.15) is 0 Å². The van der Waals surface area contributed by atoms with Crippen LogP contribution in [0.1, 0.15) is 46.7 Å². The highest BCUT2D eigenvalue weighted by Gasteiger charge is 2.30. The highest BCUT2D eigenvalue weighted by Crippen LogP contribution is 2.25. The molecule has 0 N–H and O–H groups in total. The summed E-state index contributed by atoms with van der Waals surface area (Å²) in [5.74, 6) is 1.09. The largest absolute Gasteiger partial charge is 0.336 e. The third kappa shape index (κ3) is 3.34. The van der Waals surface area contributed by atoms with E-state index in [2.05, 4.69) is 20.5 Å². The van der Waals surface area contributed by atoms with E-state index in [0.717, 1.165) is 23.1 Å². The molecule has 1 aromatic carbocycles. The molecule has 0 aliphatic carbocycles. The van der Waals surface area contributed by atoms with Gasteiger partial charge >= 0.3 is 0 Å². The number of benzene rings is 1. The van der Waals surface area contributed by atoms with Crippen LogP contribution < -0.4 is 0 Å². The first-order valence-corrected chi connectivity index (χ1v) is 9.16. The second kappa shape index (κ2) is 6.94. The first-order chi connectivity index (χ1) is 13.0. The lowest BCUT2D eigenvalue weighted by molar-refractivity contribution is 0.0786. The van der Waals surface area contributed by atoms with E-state index in [9.17, 15) is 4.79 Å². The fourth-order valence-corrected chi connectivity index (χ4v) is 3.42. The average Bonchev–Trinajstić information content (AvgIpc) is 3.39. The van der Waals surface area contributed by atoms with Crippen LogP contribution in [0.25, 0.3) is 11.6 Å². The van der Waals surface area contributed by atoms with Gasteiger partial charge in [-0.1, -0.05) is 35.0 Å². The summed E-state index contributed by atoms with van der Waals surface area (Å²) in [4.78, 5) is 19.0. The van der Waals surface area contributed by atoms with Crippen molar-refractivity contribution in [3.05, 3.63) is 46.9 Å². The van der Waals surface area contributed by atoms with Gasteiger partial charge in [0, 0.05) is 25.1 Å². The Kier molecular flexibility index (Phi) is 4.47. The van der Waals surface area contributed by atoms with Crippen molar-refractivity contribution in [3.8, 4) is 11.6 Å². The van der Waals surface area contributed by atoms with Crippen molar-refractivity contribution in [1.29, 1.82) is 0 Å². The third-order valence-corrected chi connectivity index (χ3v) is 4.95. The van der Waals surface area contributed by atoms with Crippen molar-refractivity contribution >= 4 is 5.91 Å². The highest BCUT2D eigenvalue weighted by atomic mass is 16.5. The molecule has 8 nitrogen and oxygen atoms in total. The zero-order valence-corrected chi connectivity index (χ0v) is 15.7. The standard InChI is InChI=1S/C19H22N6O2/c1-4-17-20-18(27-22-17)16-11-25(23-21-16)14-7-8-24(10-14)19(26)15-6-5-12(2)9-13(15)3/h5-6,9,11,14H,4,7-8,10H2,1-3H3. The van der Waals surface area contributed by atoms with Crippen molar-refractivity contribution < 1.29 is 9.32 Å². The molecular formula is C19H22N6O2. The maximum Gasteiger partial charge on any atom is 0.280 e. The van der Waals surface area contributed by atoms with Crippen molar-refractivity contribution in [2.75, 3.05) is 13.1 Å². The summed E-state index contributed by atoms with van der Waals surface area (Å²) in [7, 11) is 0. The number of aryl methyl sites for hydroxylation is 3. The van der Waals surface area contributed by atoms with E-state index in [1.54, 1.807) is 4.68 Å². The van der Waals surface area contributed by atoms with Gasteiger partial charge in [0.2, 0.25) is 0 Å². The summed E-state index contributed by atoms with van der Waals surface area (Å²) < 4.78 is 7.01. The van der Waals surface area contributed by atoms with Crippen LogP contribution in [0.3, 0.4) is 0 Å². The molecule has 1 aliphatic rings. The topological polar surface area (TPSA) is 89.9 Å². The van der Waals surface area contributed by atoms with Crippen LogP contribution in [0.15, 0.2) is 28.9 Å². The Balaban J connectivity index is 1.47. The summed E-state index contributed by atoms with van der Waals surface area (Å²) in [6, 6.07) is 6.02. The van der Waals surface area contributed by atoms with Crippen LogP contribution in [-0.4, -0.2) is 49.0 Å². The predicted octanol–water partition coefficient (Wildman–Crippen LogP) is 2.59. The zero-order valence-electron chi connectivity index (χ0n) is 15.7. The van der Waals surface area contributed by atoms with E-state index >= 15 is 0 Å². The fourth-order valence-electron chi connectivity index (χ4n) is 3.42. The Morgan fingerprint density at radius 2 is 2.19 bits per heavy atom. The monoisotopic (exact) mass is 366 g/mol. The van der Waals surface area contributed by atoms with E-state index in [1.807, 2.05) is 50.1 Å². The number of hydrogen-bond donors (Lipinski definition) is 0. The molecule has 1 amide bonds. The molecule has 3 aromatic rings. The normalized spacial score (nSPS) is 16.9. The SMILES string of the molecule is CCc1noc(-c2cn(C3CCN(C(=O)c4ccc(C)cc4C)C3)nn2)n1. The van der Waals surface area contributed by atoms with Gasteiger partial charge in [-0.15, -0.1) is 5.10 Å². The number of carbonyl (C=O) groups is 1. The fraction of sp³-hybridized carbons (Fsp3) is 0.421. The van der Waals surface area contributed by atoms with Crippen LogP contribution in [0, 0.1) is 13.8 Å². The minimum atomic E-state index is 0.0693. The number of likely N-dealkylation sites (tertiary alicyclic amines) is 1. The molecule has 0 radical (unpaired) electrons. The number of nitrogens with zero attached hydrogens (tertiary/aromatic N) is 6. The number of carbonyl (C=O) groups excluding carboxylic acids is 1. The predicted molar refractivity (Wildman–Crippen MR) is 98.2 cm³/mol. The number of hydrogen-bond acceptors (Lipinski definition) is 6. The van der Waals surface area contributed by atoms with Gasteiger partial charge in [-0.3, -0.25) is 4.79 Å². The van der Waals surface area contributed by atoms with E-state index in [1.165, 1.54) is 0 Å². The van der Waals surface area contributed by atoms with Crippen LogP contribution in [0.5, 0.6) is 0 Å². The van der Waals surface area contributed by atoms with Crippen LogP contribution in [-0.2, 0) is 6.42 Å². The maximum atomic E-state index is 12.9. The van der Waals surface area contributed by atoms with Gasteiger partial charge in [-0.05, 0) is 31.9 Å². The third-order valence-electron chi connectivity index (χ3n) is 4.95. The van der Waals surface area contributed by atoms with E-state index < -0.39 is 0 Å². The first-order valence-electron chi connectivity index (χ1n) is 9.16. The summed E-state index contributed by atoms with van der Waals surface area (Å²) in [6.45, 7) is 7.28. The lowest BCUT2D eigenvalue weighted by Gasteiger charge is -2.18. The molecule has 2 aromatic heterocycles. The van der Waals surface area contributed by atoms with Crippen molar-refractivity contribution in [3.63, 3.8) is 0 Å². The van der Waals surface area contributed by atoms with Crippen LogP contribution in [0.2, 0.25) is 0 Å². The summed E-state index contributed by atoms with van der Waals surface area (Å²) >= 11 is 0. The molecular weight excluding hydrogens is 344 g/mol. The van der Waals surface area contributed by atoms with E-state index in [4.69, 9.17) is 4.52 Å². The quantitative estimate of drug-likeness (QED) is 0.705. The molecule has 1 saturated heterocycles. The Morgan fingerprint density at radius 1 is 1.33 bits per heavy atom. The van der Waals surface area contributed by atoms with Crippen molar-refractivity contribution in [2.24, 2.45) is 0 Å². The number of rotatable bonds is 4. The van der Waals surface area contributed by atoms with Gasteiger partial charge in [-0.25, -0.2) is 4.68 Å². The van der Waals surface area contributed by atoms with Gasteiger partial charge in [0.05, 0.1) is 12.2 Å². The lowest BCUT2D eigenvalue weighted by Crippen LogP contribution is -2.29. The minimum absolute atomic E-state index is 0.0693. The smallest absolute Gasteiger partial charge is 0.280 e. The molecule has 1 atom stereocenters. The molecule has 1 unspecified atom stereocenters. The Hall–Kier alpha value is -3.03. The molecule has 1 fully saturated rings. The second-order valence-corrected chi connectivity index (χ2v) is 6.97. The Morgan fingerprint density at radius 3 is 2.93 bits per heavy atom. The molecule has 4 rings (SSSR count). The highest BCUT2D eigenvalue weighted by molar-refractivity contribution is 5.95. The minimum Gasteiger partial charge on any atom is -0.336 e. The van der Waals surface area contributed by atoms with E-state index in [-0.39, 0.29) is 11.9 Å². The van der Waals surface area contributed by atoms with Crippen molar-refractivity contribution in [1.82, 2.24) is 30.0 Å². The van der Waals surface area contributed by atoms with Gasteiger partial charge < -0.3 is 9.42 Å². The van der Waals surface area contributed by atoms with Gasteiger partial charge in [0.25, 0.3) is 11.8 Å². The molecule has 0 bridgehead atoms. The van der Waals surface area contributed by atoms with E-state index in [0.29, 0.717) is 36.9 Å². The molecule has 0 spiro atoms. The van der Waals surface area contributed by atoms with Gasteiger partial charge in [-0.2, -0.15) is 4.98 Å². The van der Waals surface area contributed by atoms with Gasteiger partial charge in [0.15, 0.2) is 11.5 Å². The van der Waals surface area contributed by atoms with Crippen molar-refractivity contribution in [2.45, 2.75) is 39.7 Å². The first kappa shape index (κ1) is 17.4.